The SMILES string of the molecule is Clc1ccc(C23CNCC2C2C=CC3C2)cc1.O=C(O)C=CC(=O)O. The van der Waals surface area contributed by atoms with Crippen LogP contribution in [0.15, 0.2) is 48.6 Å². The molecular formula is C19H20ClNO4. The Morgan fingerprint density at radius 1 is 1.12 bits per heavy atom. The lowest BCUT2D eigenvalue weighted by Gasteiger charge is -2.36. The molecule has 0 aromatic heterocycles. The lowest BCUT2D eigenvalue weighted by Crippen LogP contribution is -2.38. The van der Waals surface area contributed by atoms with Crippen LogP contribution in [0.4, 0.5) is 0 Å². The summed E-state index contributed by atoms with van der Waals surface area (Å²) in [5.41, 5.74) is 1.83. The van der Waals surface area contributed by atoms with E-state index in [-0.39, 0.29) is 0 Å². The molecule has 2 fully saturated rings. The van der Waals surface area contributed by atoms with Gasteiger partial charge in [-0.05, 0) is 48.4 Å². The van der Waals surface area contributed by atoms with Gasteiger partial charge in [-0.2, -0.15) is 0 Å². The summed E-state index contributed by atoms with van der Waals surface area (Å²) in [5.74, 6) is -0.196. The van der Waals surface area contributed by atoms with E-state index in [9.17, 15) is 9.59 Å². The molecule has 1 aliphatic heterocycles. The third kappa shape index (κ3) is 3.34. The molecule has 5 nitrogen and oxygen atoms in total. The Kier molecular flexibility index (Phi) is 4.97. The average molecular weight is 362 g/mol. The van der Waals surface area contributed by atoms with E-state index in [1.807, 2.05) is 12.1 Å². The van der Waals surface area contributed by atoms with Crippen molar-refractivity contribution < 1.29 is 19.8 Å². The lowest BCUT2D eigenvalue weighted by molar-refractivity contribution is -0.134. The average Bonchev–Trinajstić information content (AvgIpc) is 3.27. The first-order valence-electron chi connectivity index (χ1n) is 8.22. The molecule has 1 heterocycles. The van der Waals surface area contributed by atoms with Crippen molar-refractivity contribution in [3.63, 3.8) is 0 Å². The van der Waals surface area contributed by atoms with Crippen LogP contribution in [-0.2, 0) is 15.0 Å². The molecule has 0 spiro atoms. The molecule has 1 saturated carbocycles. The zero-order chi connectivity index (χ0) is 18.0. The number of carboxylic acid groups (broad SMARTS) is 2. The predicted octanol–water partition coefficient (Wildman–Crippen LogP) is 2.71. The molecule has 25 heavy (non-hydrogen) atoms. The maximum Gasteiger partial charge on any atom is 0.328 e. The fourth-order valence-electron chi connectivity index (χ4n) is 4.53. The van der Waals surface area contributed by atoms with E-state index in [4.69, 9.17) is 21.8 Å². The van der Waals surface area contributed by atoms with Crippen molar-refractivity contribution >= 4 is 23.5 Å². The third-order valence-electron chi connectivity index (χ3n) is 5.49. The van der Waals surface area contributed by atoms with Crippen LogP contribution in [0.5, 0.6) is 0 Å². The number of hydrogen-bond donors (Lipinski definition) is 3. The second-order valence-corrected chi connectivity index (χ2v) is 7.12. The molecule has 3 N–H and O–H groups in total. The Hall–Kier alpha value is -2.11. The summed E-state index contributed by atoms with van der Waals surface area (Å²) in [6.07, 6.45) is 7.36. The van der Waals surface area contributed by atoms with E-state index in [2.05, 4.69) is 29.6 Å². The smallest absolute Gasteiger partial charge is 0.328 e. The summed E-state index contributed by atoms with van der Waals surface area (Å²) in [4.78, 5) is 19.1. The standard InChI is InChI=1S/C15H16ClN.C4H4O4/c16-13-5-3-11(4-6-13)15-9-17-8-14(15)10-1-2-12(15)7-10;5-3(6)1-2-4(7)8/h1-6,10,12,14,17H,7-9H2;1-2H,(H,5,6)(H,7,8). The molecule has 4 rings (SSSR count). The quantitative estimate of drug-likeness (QED) is 0.569. The fraction of sp³-hybridized carbons (Fsp3) is 0.368. The van der Waals surface area contributed by atoms with Crippen LogP contribution in [0.1, 0.15) is 12.0 Å². The molecule has 4 atom stereocenters. The van der Waals surface area contributed by atoms with Gasteiger partial charge in [-0.3, -0.25) is 0 Å². The Bertz CT molecular complexity index is 711. The molecule has 0 radical (unpaired) electrons. The first-order valence-corrected chi connectivity index (χ1v) is 8.60. The monoisotopic (exact) mass is 361 g/mol. The summed E-state index contributed by atoms with van der Waals surface area (Å²) in [6, 6.07) is 8.54. The second-order valence-electron chi connectivity index (χ2n) is 6.69. The summed E-state index contributed by atoms with van der Waals surface area (Å²) in [5, 5.41) is 20.1. The van der Waals surface area contributed by atoms with Gasteiger partial charge in [0.25, 0.3) is 0 Å². The maximum atomic E-state index is 9.55. The van der Waals surface area contributed by atoms with E-state index in [1.54, 1.807) is 0 Å². The highest BCUT2D eigenvalue weighted by Crippen LogP contribution is 2.58. The van der Waals surface area contributed by atoms with Gasteiger partial charge in [-0.1, -0.05) is 35.9 Å². The largest absolute Gasteiger partial charge is 0.478 e. The molecule has 132 valence electrons. The van der Waals surface area contributed by atoms with Crippen molar-refractivity contribution in [2.24, 2.45) is 17.8 Å². The van der Waals surface area contributed by atoms with Gasteiger partial charge in [-0.25, -0.2) is 9.59 Å². The van der Waals surface area contributed by atoms with Crippen molar-refractivity contribution in [3.8, 4) is 0 Å². The van der Waals surface area contributed by atoms with Gasteiger partial charge in [0.1, 0.15) is 0 Å². The zero-order valence-corrected chi connectivity index (χ0v) is 14.3. The number of fused-ring (bicyclic) bond motifs is 5. The molecule has 3 aliphatic rings. The summed E-state index contributed by atoms with van der Waals surface area (Å²) >= 11 is 6.01. The van der Waals surface area contributed by atoms with Gasteiger partial charge < -0.3 is 15.5 Å². The highest BCUT2D eigenvalue weighted by molar-refractivity contribution is 6.30. The number of hydrogen-bond acceptors (Lipinski definition) is 3. The minimum Gasteiger partial charge on any atom is -0.478 e. The van der Waals surface area contributed by atoms with Crippen LogP contribution < -0.4 is 5.32 Å². The number of halogens is 1. The highest BCUT2D eigenvalue weighted by atomic mass is 35.5. The number of benzene rings is 1. The predicted molar refractivity (Wildman–Crippen MR) is 94.6 cm³/mol. The van der Waals surface area contributed by atoms with Crippen LogP contribution in [0.2, 0.25) is 5.02 Å². The third-order valence-corrected chi connectivity index (χ3v) is 5.74. The molecule has 1 aromatic carbocycles. The van der Waals surface area contributed by atoms with Crippen molar-refractivity contribution in [1.29, 1.82) is 0 Å². The van der Waals surface area contributed by atoms with Crippen LogP contribution in [0.3, 0.4) is 0 Å². The molecule has 2 bridgehead atoms. The Morgan fingerprint density at radius 2 is 1.76 bits per heavy atom. The molecular weight excluding hydrogens is 342 g/mol. The molecule has 6 heteroatoms. The van der Waals surface area contributed by atoms with E-state index in [1.165, 1.54) is 18.5 Å². The summed E-state index contributed by atoms with van der Waals surface area (Å²) in [7, 11) is 0. The van der Waals surface area contributed by atoms with Gasteiger partial charge in [0.2, 0.25) is 0 Å². The van der Waals surface area contributed by atoms with Crippen molar-refractivity contribution in [2.75, 3.05) is 13.1 Å². The molecule has 2 aliphatic carbocycles. The van der Waals surface area contributed by atoms with Gasteiger partial charge in [0.05, 0.1) is 0 Å². The van der Waals surface area contributed by atoms with Gasteiger partial charge in [-0.15, -0.1) is 0 Å². The molecule has 0 amide bonds. The van der Waals surface area contributed by atoms with Crippen LogP contribution >= 0.6 is 11.6 Å². The van der Waals surface area contributed by atoms with E-state index >= 15 is 0 Å². The number of rotatable bonds is 3. The van der Waals surface area contributed by atoms with E-state index in [0.717, 1.165) is 29.3 Å². The van der Waals surface area contributed by atoms with Gasteiger partial charge in [0.15, 0.2) is 0 Å². The maximum absolute atomic E-state index is 9.55. The van der Waals surface area contributed by atoms with Gasteiger partial charge in [0, 0.05) is 29.1 Å². The topological polar surface area (TPSA) is 86.6 Å². The van der Waals surface area contributed by atoms with Gasteiger partial charge >= 0.3 is 11.9 Å². The normalized spacial score (nSPS) is 31.6. The minimum absolute atomic E-state index is 0.351. The Morgan fingerprint density at radius 3 is 2.36 bits per heavy atom. The molecule has 1 saturated heterocycles. The first-order chi connectivity index (χ1) is 11.9. The van der Waals surface area contributed by atoms with E-state index < -0.39 is 11.9 Å². The lowest BCUT2D eigenvalue weighted by atomic mass is 9.66. The molecule has 1 aromatic rings. The molecule has 4 unspecified atom stereocenters. The first kappa shape index (κ1) is 17.7. The van der Waals surface area contributed by atoms with Crippen molar-refractivity contribution in [3.05, 3.63) is 59.2 Å². The van der Waals surface area contributed by atoms with Crippen LogP contribution in [0, 0.1) is 17.8 Å². The second kappa shape index (κ2) is 7.02. The van der Waals surface area contributed by atoms with E-state index in [0.29, 0.717) is 17.6 Å². The van der Waals surface area contributed by atoms with Crippen LogP contribution in [-0.4, -0.2) is 35.2 Å². The number of carboxylic acids is 2. The number of aliphatic carboxylic acids is 2. The van der Waals surface area contributed by atoms with Crippen LogP contribution in [0.25, 0.3) is 0 Å². The number of carbonyl (C=O) groups is 2. The number of nitrogens with one attached hydrogen (secondary N) is 1. The zero-order valence-electron chi connectivity index (χ0n) is 13.6. The summed E-state index contributed by atoms with van der Waals surface area (Å²) < 4.78 is 0. The Balaban J connectivity index is 0.000000197. The van der Waals surface area contributed by atoms with Crippen molar-refractivity contribution in [1.82, 2.24) is 5.32 Å². The fourth-order valence-corrected chi connectivity index (χ4v) is 4.65. The van der Waals surface area contributed by atoms with Crippen molar-refractivity contribution in [2.45, 2.75) is 11.8 Å². The Labute approximate surface area is 151 Å². The minimum atomic E-state index is -1.26. The summed E-state index contributed by atoms with van der Waals surface area (Å²) in [6.45, 7) is 2.30. The number of allylic oxidation sites excluding steroid dienone is 2. The highest BCUT2D eigenvalue weighted by Gasteiger charge is 2.58.